The maximum Gasteiger partial charge on any atom is 0.111 e. The van der Waals surface area contributed by atoms with Crippen LogP contribution in [0.25, 0.3) is 10.2 Å². The summed E-state index contributed by atoms with van der Waals surface area (Å²) in [6.07, 6.45) is 1.53. The van der Waals surface area contributed by atoms with Crippen LogP contribution >= 0.6 is 11.3 Å². The first-order valence-corrected chi connectivity index (χ1v) is 7.71. The summed E-state index contributed by atoms with van der Waals surface area (Å²) in [7, 11) is 0. The highest BCUT2D eigenvalue weighted by Crippen LogP contribution is 2.26. The number of rotatable bonds is 6. The molecule has 0 saturated carbocycles. The molecule has 0 fully saturated rings. The molecule has 0 bridgehead atoms. The molecule has 2 aromatic rings. The van der Waals surface area contributed by atoms with Crippen molar-refractivity contribution in [2.45, 2.75) is 45.3 Å². The van der Waals surface area contributed by atoms with E-state index in [0.717, 1.165) is 23.4 Å². The van der Waals surface area contributed by atoms with E-state index in [1.165, 1.54) is 4.70 Å². The van der Waals surface area contributed by atoms with E-state index in [1.807, 2.05) is 32.0 Å². The van der Waals surface area contributed by atoms with Crippen LogP contribution in [-0.2, 0) is 0 Å². The maximum absolute atomic E-state index is 10.3. The minimum Gasteiger partial charge on any atom is -0.389 e. The highest BCUT2D eigenvalue weighted by Gasteiger charge is 2.23. The van der Waals surface area contributed by atoms with Crippen molar-refractivity contribution in [3.63, 3.8) is 0 Å². The predicted octanol–water partition coefficient (Wildman–Crippen LogP) is 3.50. The SMILES string of the molecule is CCC(O)(CC)CNC(C)c1nc2ccccc2s1. The van der Waals surface area contributed by atoms with Gasteiger partial charge in [0, 0.05) is 6.54 Å². The first-order chi connectivity index (χ1) is 9.08. The molecule has 0 radical (unpaired) electrons. The summed E-state index contributed by atoms with van der Waals surface area (Å²) in [6, 6.07) is 8.35. The quantitative estimate of drug-likeness (QED) is 0.850. The van der Waals surface area contributed by atoms with Gasteiger partial charge in [0.15, 0.2) is 0 Å². The Morgan fingerprint density at radius 2 is 2.00 bits per heavy atom. The van der Waals surface area contributed by atoms with Gasteiger partial charge in [-0.05, 0) is 31.9 Å². The first-order valence-electron chi connectivity index (χ1n) is 6.89. The van der Waals surface area contributed by atoms with Crippen molar-refractivity contribution >= 4 is 21.6 Å². The zero-order valence-electron chi connectivity index (χ0n) is 11.8. The average molecular weight is 278 g/mol. The van der Waals surface area contributed by atoms with Gasteiger partial charge in [-0.15, -0.1) is 11.3 Å². The third-order valence-corrected chi connectivity index (χ3v) is 4.95. The van der Waals surface area contributed by atoms with Crippen LogP contribution in [0.4, 0.5) is 0 Å². The average Bonchev–Trinajstić information content (AvgIpc) is 2.88. The highest BCUT2D eigenvalue weighted by atomic mass is 32.1. The summed E-state index contributed by atoms with van der Waals surface area (Å²) in [6.45, 7) is 6.75. The van der Waals surface area contributed by atoms with E-state index in [2.05, 4.69) is 23.3 Å². The van der Waals surface area contributed by atoms with Gasteiger partial charge >= 0.3 is 0 Å². The molecule has 104 valence electrons. The minimum absolute atomic E-state index is 0.169. The highest BCUT2D eigenvalue weighted by molar-refractivity contribution is 7.18. The van der Waals surface area contributed by atoms with Crippen LogP contribution in [0.3, 0.4) is 0 Å². The van der Waals surface area contributed by atoms with Crippen molar-refractivity contribution in [3.05, 3.63) is 29.3 Å². The van der Waals surface area contributed by atoms with Gasteiger partial charge in [-0.2, -0.15) is 0 Å². The van der Waals surface area contributed by atoms with E-state index in [1.54, 1.807) is 11.3 Å². The molecule has 0 spiro atoms. The molecule has 1 aromatic carbocycles. The molecule has 0 aliphatic heterocycles. The van der Waals surface area contributed by atoms with Crippen LogP contribution in [0, 0.1) is 0 Å². The van der Waals surface area contributed by atoms with E-state index in [4.69, 9.17) is 0 Å². The largest absolute Gasteiger partial charge is 0.389 e. The second-order valence-electron chi connectivity index (χ2n) is 5.05. The lowest BCUT2D eigenvalue weighted by atomic mass is 9.97. The van der Waals surface area contributed by atoms with Gasteiger partial charge in [-0.3, -0.25) is 0 Å². The molecule has 1 atom stereocenters. The van der Waals surface area contributed by atoms with E-state index in [-0.39, 0.29) is 6.04 Å². The van der Waals surface area contributed by atoms with Crippen LogP contribution in [-0.4, -0.2) is 22.2 Å². The normalized spacial score (nSPS) is 13.9. The Balaban J connectivity index is 2.05. The molecule has 0 aliphatic rings. The van der Waals surface area contributed by atoms with Gasteiger partial charge < -0.3 is 10.4 Å². The molecule has 1 heterocycles. The zero-order valence-corrected chi connectivity index (χ0v) is 12.6. The van der Waals surface area contributed by atoms with Crippen LogP contribution < -0.4 is 5.32 Å². The molecule has 19 heavy (non-hydrogen) atoms. The van der Waals surface area contributed by atoms with Crippen molar-refractivity contribution in [1.82, 2.24) is 10.3 Å². The Hall–Kier alpha value is -0.970. The number of benzene rings is 1. The molecule has 0 saturated heterocycles. The molecule has 2 rings (SSSR count). The molecular formula is C15H22N2OS. The van der Waals surface area contributed by atoms with E-state index >= 15 is 0 Å². The Morgan fingerprint density at radius 1 is 1.32 bits per heavy atom. The predicted molar refractivity (Wildman–Crippen MR) is 81.6 cm³/mol. The van der Waals surface area contributed by atoms with E-state index < -0.39 is 5.60 Å². The lowest BCUT2D eigenvalue weighted by Gasteiger charge is -2.27. The van der Waals surface area contributed by atoms with Gasteiger partial charge in [0.1, 0.15) is 5.01 Å². The number of fused-ring (bicyclic) bond motifs is 1. The molecule has 0 amide bonds. The van der Waals surface area contributed by atoms with E-state index in [9.17, 15) is 5.11 Å². The molecule has 2 N–H and O–H groups in total. The number of para-hydroxylation sites is 1. The third-order valence-electron chi connectivity index (χ3n) is 3.73. The fraction of sp³-hybridized carbons (Fsp3) is 0.533. The van der Waals surface area contributed by atoms with Gasteiger partial charge in [0.2, 0.25) is 0 Å². The van der Waals surface area contributed by atoms with Gasteiger partial charge in [0.25, 0.3) is 0 Å². The molecule has 0 aliphatic carbocycles. The summed E-state index contributed by atoms with van der Waals surface area (Å²) in [5.41, 5.74) is 0.447. The molecule has 1 aromatic heterocycles. The van der Waals surface area contributed by atoms with Crippen LogP contribution in [0.2, 0.25) is 0 Å². The Kier molecular flexibility index (Phi) is 4.55. The van der Waals surface area contributed by atoms with Crippen molar-refractivity contribution < 1.29 is 5.11 Å². The topological polar surface area (TPSA) is 45.1 Å². The van der Waals surface area contributed by atoms with Crippen LogP contribution in [0.5, 0.6) is 0 Å². The number of thiazole rings is 1. The smallest absolute Gasteiger partial charge is 0.111 e. The minimum atomic E-state index is -0.606. The fourth-order valence-electron chi connectivity index (χ4n) is 2.01. The molecular weight excluding hydrogens is 256 g/mol. The summed E-state index contributed by atoms with van der Waals surface area (Å²) < 4.78 is 1.22. The number of hydrogen-bond acceptors (Lipinski definition) is 4. The van der Waals surface area contributed by atoms with Crippen molar-refractivity contribution in [1.29, 1.82) is 0 Å². The van der Waals surface area contributed by atoms with Crippen molar-refractivity contribution in [2.24, 2.45) is 0 Å². The van der Waals surface area contributed by atoms with Crippen LogP contribution in [0.1, 0.15) is 44.7 Å². The lowest BCUT2D eigenvalue weighted by molar-refractivity contribution is 0.0303. The van der Waals surface area contributed by atoms with Crippen molar-refractivity contribution in [3.8, 4) is 0 Å². The van der Waals surface area contributed by atoms with Gasteiger partial charge in [-0.25, -0.2) is 4.98 Å². The van der Waals surface area contributed by atoms with Crippen molar-refractivity contribution in [2.75, 3.05) is 6.54 Å². The lowest BCUT2D eigenvalue weighted by Crippen LogP contribution is -2.40. The third kappa shape index (κ3) is 3.32. The van der Waals surface area contributed by atoms with Gasteiger partial charge in [0.05, 0.1) is 21.9 Å². The molecule has 3 nitrogen and oxygen atoms in total. The summed E-state index contributed by atoms with van der Waals surface area (Å²) in [5, 5.41) is 14.8. The number of aliphatic hydroxyl groups is 1. The zero-order chi connectivity index (χ0) is 13.9. The Bertz CT molecular complexity index is 501. The van der Waals surface area contributed by atoms with Gasteiger partial charge in [-0.1, -0.05) is 26.0 Å². The van der Waals surface area contributed by atoms with E-state index in [0.29, 0.717) is 6.54 Å². The number of nitrogens with one attached hydrogen (secondary N) is 1. The summed E-state index contributed by atoms with van der Waals surface area (Å²) in [4.78, 5) is 4.64. The monoisotopic (exact) mass is 278 g/mol. The second kappa shape index (κ2) is 5.99. The number of aromatic nitrogens is 1. The molecule has 1 unspecified atom stereocenters. The molecule has 4 heteroatoms. The number of hydrogen-bond donors (Lipinski definition) is 2. The Labute approximate surface area is 118 Å². The summed E-state index contributed by atoms with van der Waals surface area (Å²) >= 11 is 1.72. The standard InChI is InChI=1S/C15H22N2OS/c1-4-15(18,5-2)10-16-11(3)14-17-12-8-6-7-9-13(12)19-14/h6-9,11,16,18H,4-5,10H2,1-3H3. The summed E-state index contributed by atoms with van der Waals surface area (Å²) in [5.74, 6) is 0. The van der Waals surface area contributed by atoms with Crippen LogP contribution in [0.15, 0.2) is 24.3 Å². The Morgan fingerprint density at radius 3 is 2.63 bits per heavy atom. The second-order valence-corrected chi connectivity index (χ2v) is 6.12. The number of nitrogens with zero attached hydrogens (tertiary/aromatic N) is 1. The first kappa shape index (κ1) is 14.4. The fourth-order valence-corrected chi connectivity index (χ4v) is 3.00. The maximum atomic E-state index is 10.3.